The highest BCUT2D eigenvalue weighted by Crippen LogP contribution is 2.22. The molecule has 2 aromatic rings. The molecule has 0 bridgehead atoms. The van der Waals surface area contributed by atoms with Crippen molar-refractivity contribution in [3.63, 3.8) is 0 Å². The lowest BCUT2D eigenvalue weighted by molar-refractivity contribution is -0.0999. The van der Waals surface area contributed by atoms with Crippen LogP contribution in [0.1, 0.15) is 0 Å². The highest BCUT2D eigenvalue weighted by Gasteiger charge is 2.26. The van der Waals surface area contributed by atoms with E-state index in [9.17, 15) is 13.2 Å². The van der Waals surface area contributed by atoms with Crippen molar-refractivity contribution < 1.29 is 13.2 Å². The maximum Gasteiger partial charge on any atom is 0.482 e. The quantitative estimate of drug-likeness (QED) is 0.734. The number of alkyl halides is 3. The molecule has 1 aromatic carbocycles. The fourth-order valence-corrected chi connectivity index (χ4v) is 1.31. The third-order valence-corrected chi connectivity index (χ3v) is 1.89. The number of nitrogens with zero attached hydrogens (tertiary/aromatic N) is 1. The average Bonchev–Trinajstić information content (AvgIpc) is 2.15. The Morgan fingerprint density at radius 1 is 1.13 bits per heavy atom. The fourth-order valence-electron chi connectivity index (χ4n) is 1.31. The summed E-state index contributed by atoms with van der Waals surface area (Å²) in [6.45, 7) is 0. The summed E-state index contributed by atoms with van der Waals surface area (Å²) in [5.41, 5.74) is 0.528. The zero-order valence-electron chi connectivity index (χ0n) is 7.55. The Bertz CT molecular complexity index is 479. The Kier molecular flexibility index (Phi) is 2.22. The fraction of sp³-hybridized carbons (Fsp3) is 0.100. The zero-order chi connectivity index (χ0) is 10.9. The predicted octanol–water partition coefficient (Wildman–Crippen LogP) is 3.17. The van der Waals surface area contributed by atoms with E-state index in [4.69, 9.17) is 0 Å². The van der Waals surface area contributed by atoms with Crippen molar-refractivity contribution in [3.8, 4) is 0 Å². The van der Waals surface area contributed by atoms with Gasteiger partial charge in [0.2, 0.25) is 0 Å². The second kappa shape index (κ2) is 3.42. The molecule has 1 N–H and O–H groups in total. The van der Waals surface area contributed by atoms with Gasteiger partial charge in [0, 0.05) is 17.3 Å². The molecule has 15 heavy (non-hydrogen) atoms. The molecule has 0 saturated heterocycles. The number of halogens is 3. The van der Waals surface area contributed by atoms with Crippen molar-refractivity contribution >= 4 is 16.6 Å². The van der Waals surface area contributed by atoms with Crippen LogP contribution in [0.5, 0.6) is 0 Å². The Morgan fingerprint density at radius 3 is 2.67 bits per heavy atom. The minimum atomic E-state index is -4.41. The van der Waals surface area contributed by atoms with E-state index >= 15 is 0 Å². The van der Waals surface area contributed by atoms with Crippen LogP contribution >= 0.6 is 0 Å². The second-order valence-corrected chi connectivity index (χ2v) is 3.03. The van der Waals surface area contributed by atoms with Crippen molar-refractivity contribution in [2.45, 2.75) is 6.30 Å². The summed E-state index contributed by atoms with van der Waals surface area (Å²) in [4.78, 5) is 3.96. The SMILES string of the molecule is FC(F)(F)Nc1ccc2cccnc2c1. The first-order valence-corrected chi connectivity index (χ1v) is 4.24. The van der Waals surface area contributed by atoms with Gasteiger partial charge in [0.25, 0.3) is 0 Å². The third-order valence-electron chi connectivity index (χ3n) is 1.89. The minimum Gasteiger partial charge on any atom is -0.297 e. The molecule has 0 saturated carbocycles. The maximum atomic E-state index is 12.0. The molecule has 0 aliphatic heterocycles. The molecule has 2 rings (SSSR count). The molecule has 0 aliphatic carbocycles. The van der Waals surface area contributed by atoms with Gasteiger partial charge in [0.15, 0.2) is 0 Å². The number of pyridine rings is 1. The summed E-state index contributed by atoms with van der Waals surface area (Å²) in [7, 11) is 0. The molecular weight excluding hydrogens is 205 g/mol. The monoisotopic (exact) mass is 212 g/mol. The number of hydrogen-bond acceptors (Lipinski definition) is 2. The average molecular weight is 212 g/mol. The summed E-state index contributed by atoms with van der Waals surface area (Å²) in [6.07, 6.45) is -2.87. The van der Waals surface area contributed by atoms with Crippen LogP contribution in [-0.2, 0) is 0 Å². The predicted molar refractivity (Wildman–Crippen MR) is 51.4 cm³/mol. The van der Waals surface area contributed by atoms with Gasteiger partial charge < -0.3 is 0 Å². The minimum absolute atomic E-state index is 0.00583. The van der Waals surface area contributed by atoms with E-state index in [0.717, 1.165) is 5.39 Å². The van der Waals surface area contributed by atoms with Gasteiger partial charge in [-0.15, -0.1) is 0 Å². The second-order valence-electron chi connectivity index (χ2n) is 3.03. The van der Waals surface area contributed by atoms with Gasteiger partial charge in [-0.3, -0.25) is 10.3 Å². The van der Waals surface area contributed by atoms with Crippen LogP contribution in [0.3, 0.4) is 0 Å². The van der Waals surface area contributed by atoms with Crippen LogP contribution in [0, 0.1) is 0 Å². The molecule has 0 atom stereocenters. The lowest BCUT2D eigenvalue weighted by Gasteiger charge is -2.09. The number of benzene rings is 1. The van der Waals surface area contributed by atoms with Gasteiger partial charge in [-0.1, -0.05) is 12.1 Å². The van der Waals surface area contributed by atoms with Gasteiger partial charge in [0.05, 0.1) is 5.52 Å². The number of hydrogen-bond donors (Lipinski definition) is 1. The van der Waals surface area contributed by atoms with Crippen molar-refractivity contribution in [1.29, 1.82) is 0 Å². The van der Waals surface area contributed by atoms with Gasteiger partial charge in [-0.25, -0.2) is 0 Å². The van der Waals surface area contributed by atoms with Crippen LogP contribution in [0.25, 0.3) is 10.9 Å². The van der Waals surface area contributed by atoms with E-state index in [2.05, 4.69) is 4.98 Å². The van der Waals surface area contributed by atoms with Gasteiger partial charge in [0.1, 0.15) is 0 Å². The van der Waals surface area contributed by atoms with E-state index < -0.39 is 6.30 Å². The Balaban J connectivity index is 2.39. The first-order chi connectivity index (χ1) is 7.04. The van der Waals surface area contributed by atoms with E-state index in [1.54, 1.807) is 24.4 Å². The van der Waals surface area contributed by atoms with Gasteiger partial charge in [-0.2, -0.15) is 13.2 Å². The van der Waals surface area contributed by atoms with Crippen molar-refractivity contribution in [2.75, 3.05) is 5.32 Å². The zero-order valence-corrected chi connectivity index (χ0v) is 7.55. The Morgan fingerprint density at radius 2 is 1.93 bits per heavy atom. The van der Waals surface area contributed by atoms with Crippen molar-refractivity contribution in [1.82, 2.24) is 4.98 Å². The smallest absolute Gasteiger partial charge is 0.297 e. The molecule has 0 spiro atoms. The van der Waals surface area contributed by atoms with Crippen LogP contribution in [0.2, 0.25) is 0 Å². The van der Waals surface area contributed by atoms with E-state index in [1.807, 2.05) is 0 Å². The maximum absolute atomic E-state index is 12.0. The van der Waals surface area contributed by atoms with E-state index in [1.165, 1.54) is 17.4 Å². The summed E-state index contributed by atoms with van der Waals surface area (Å²) < 4.78 is 36.0. The summed E-state index contributed by atoms with van der Waals surface area (Å²) >= 11 is 0. The van der Waals surface area contributed by atoms with Crippen molar-refractivity contribution in [2.24, 2.45) is 0 Å². The molecule has 0 fully saturated rings. The molecular formula is C10H7F3N2. The number of aromatic nitrogens is 1. The van der Waals surface area contributed by atoms with Gasteiger partial charge >= 0.3 is 6.30 Å². The molecule has 0 radical (unpaired) electrons. The molecule has 0 aliphatic rings. The lowest BCUT2D eigenvalue weighted by atomic mass is 10.2. The van der Waals surface area contributed by atoms with Crippen LogP contribution in [-0.4, -0.2) is 11.3 Å². The molecule has 5 heteroatoms. The van der Waals surface area contributed by atoms with E-state index in [0.29, 0.717) is 5.52 Å². The van der Waals surface area contributed by atoms with Crippen LogP contribution in [0.15, 0.2) is 36.5 Å². The number of fused-ring (bicyclic) bond motifs is 1. The topological polar surface area (TPSA) is 24.9 Å². The van der Waals surface area contributed by atoms with Crippen LogP contribution < -0.4 is 5.32 Å². The normalized spacial score (nSPS) is 11.7. The summed E-state index contributed by atoms with van der Waals surface area (Å²) in [5, 5.41) is 2.24. The lowest BCUT2D eigenvalue weighted by Crippen LogP contribution is -2.20. The molecule has 1 aromatic heterocycles. The summed E-state index contributed by atoms with van der Waals surface area (Å²) in [6, 6.07) is 7.86. The Labute approximate surface area is 83.7 Å². The highest BCUT2D eigenvalue weighted by molar-refractivity contribution is 5.81. The molecule has 0 unspecified atom stereocenters. The third kappa shape index (κ3) is 2.37. The number of anilines is 1. The van der Waals surface area contributed by atoms with Crippen molar-refractivity contribution in [3.05, 3.63) is 36.5 Å². The highest BCUT2D eigenvalue weighted by atomic mass is 19.4. The van der Waals surface area contributed by atoms with E-state index in [-0.39, 0.29) is 5.69 Å². The standard InChI is InChI=1S/C10H7F3N2/c11-10(12,13)15-8-4-3-7-2-1-5-14-9(7)6-8/h1-6,15H. The summed E-state index contributed by atoms with van der Waals surface area (Å²) in [5.74, 6) is 0. The largest absolute Gasteiger partial charge is 0.482 e. The molecule has 2 nitrogen and oxygen atoms in total. The molecule has 0 amide bonds. The van der Waals surface area contributed by atoms with Gasteiger partial charge in [-0.05, 0) is 18.2 Å². The number of nitrogens with one attached hydrogen (secondary N) is 1. The number of rotatable bonds is 1. The Hall–Kier alpha value is -1.78. The first-order valence-electron chi connectivity index (χ1n) is 4.24. The molecule has 1 heterocycles. The molecule has 78 valence electrons. The first kappa shape index (κ1) is 9.76. The van der Waals surface area contributed by atoms with Crippen LogP contribution in [0.4, 0.5) is 18.9 Å².